The van der Waals surface area contributed by atoms with Crippen molar-refractivity contribution in [3.63, 3.8) is 0 Å². The first-order valence-corrected chi connectivity index (χ1v) is 11.8. The number of carbonyl (C=O) groups is 3. The van der Waals surface area contributed by atoms with Gasteiger partial charge in [-0.05, 0) is 30.2 Å². The molecule has 3 amide bonds. The summed E-state index contributed by atoms with van der Waals surface area (Å²) in [4.78, 5) is 43.3. The van der Waals surface area contributed by atoms with E-state index in [1.54, 1.807) is 31.2 Å². The molecule has 1 atom stereocenters. The summed E-state index contributed by atoms with van der Waals surface area (Å²) in [5.41, 5.74) is 6.04. The summed E-state index contributed by atoms with van der Waals surface area (Å²) in [6.45, 7) is 4.49. The number of benzene rings is 3. The average molecular weight is 453 g/mol. The number of amides is 3. The lowest BCUT2D eigenvalue weighted by Gasteiger charge is -2.37. The van der Waals surface area contributed by atoms with Crippen LogP contribution < -0.4 is 4.90 Å². The molecule has 3 aromatic carbocycles. The van der Waals surface area contributed by atoms with E-state index in [9.17, 15) is 14.4 Å². The van der Waals surface area contributed by atoms with Crippen molar-refractivity contribution in [1.29, 1.82) is 0 Å². The Morgan fingerprint density at radius 3 is 1.71 bits per heavy atom. The largest absolute Gasteiger partial charge is 0.330 e. The van der Waals surface area contributed by atoms with Crippen molar-refractivity contribution in [2.24, 2.45) is 0 Å². The maximum atomic E-state index is 13.3. The third-order valence-electron chi connectivity index (χ3n) is 7.53. The quantitative estimate of drug-likeness (QED) is 0.620. The van der Waals surface area contributed by atoms with Gasteiger partial charge in [-0.15, -0.1) is 0 Å². The number of hydrogen-bond donors (Lipinski definition) is 1. The monoisotopic (exact) mass is 452 g/mol. The maximum Gasteiger partial charge on any atom is 0.262 e. The number of carbonyl (C=O) groups excluding carboxylic acids is 3. The lowest BCUT2D eigenvalue weighted by atomic mass is 10.0. The highest BCUT2D eigenvalue weighted by Gasteiger charge is 2.43. The van der Waals surface area contributed by atoms with Crippen LogP contribution in [0.2, 0.25) is 0 Å². The van der Waals surface area contributed by atoms with Crippen molar-refractivity contribution < 1.29 is 19.3 Å². The summed E-state index contributed by atoms with van der Waals surface area (Å²) in [7, 11) is 0. The summed E-state index contributed by atoms with van der Waals surface area (Å²) < 4.78 is 0. The molecular formula is C28H26N3O3+. The van der Waals surface area contributed by atoms with Gasteiger partial charge in [-0.1, -0.05) is 60.7 Å². The molecule has 0 saturated carbocycles. The number of rotatable bonds is 3. The molecule has 6 nitrogen and oxygen atoms in total. The molecule has 34 heavy (non-hydrogen) atoms. The van der Waals surface area contributed by atoms with E-state index in [0.717, 1.165) is 18.0 Å². The maximum absolute atomic E-state index is 13.3. The third kappa shape index (κ3) is 3.02. The molecule has 1 N–H and O–H groups in total. The summed E-state index contributed by atoms with van der Waals surface area (Å²) in [5.74, 6) is -0.935. The van der Waals surface area contributed by atoms with Gasteiger partial charge in [-0.25, -0.2) is 0 Å². The van der Waals surface area contributed by atoms with Crippen LogP contribution in [0.5, 0.6) is 0 Å². The van der Waals surface area contributed by atoms with Gasteiger partial charge in [0.05, 0.1) is 37.3 Å². The number of piperazine rings is 1. The van der Waals surface area contributed by atoms with Crippen LogP contribution in [0.25, 0.3) is 11.1 Å². The summed E-state index contributed by atoms with van der Waals surface area (Å²) in [5, 5.41) is 0. The first-order valence-electron chi connectivity index (χ1n) is 11.8. The molecule has 0 spiro atoms. The zero-order valence-electron chi connectivity index (χ0n) is 19.0. The Kier molecular flexibility index (Phi) is 4.85. The Morgan fingerprint density at radius 1 is 0.765 bits per heavy atom. The Balaban J connectivity index is 1.18. The molecule has 3 aromatic rings. The van der Waals surface area contributed by atoms with E-state index in [1.165, 1.54) is 27.2 Å². The normalized spacial score (nSPS) is 18.6. The van der Waals surface area contributed by atoms with Gasteiger partial charge >= 0.3 is 0 Å². The molecular weight excluding hydrogens is 426 g/mol. The minimum atomic E-state index is -0.818. The molecule has 1 unspecified atom stereocenters. The van der Waals surface area contributed by atoms with Gasteiger partial charge in [0, 0.05) is 11.1 Å². The van der Waals surface area contributed by atoms with Crippen LogP contribution in [0.3, 0.4) is 0 Å². The lowest BCUT2D eigenvalue weighted by Crippen LogP contribution is -3.15. The zero-order valence-corrected chi connectivity index (χ0v) is 19.0. The number of imide groups is 1. The smallest absolute Gasteiger partial charge is 0.262 e. The Morgan fingerprint density at radius 2 is 1.21 bits per heavy atom. The molecule has 2 heterocycles. The number of hydrogen-bond acceptors (Lipinski definition) is 3. The second-order valence-corrected chi connectivity index (χ2v) is 9.29. The fourth-order valence-corrected chi connectivity index (χ4v) is 5.83. The lowest BCUT2D eigenvalue weighted by molar-refractivity contribution is -0.929. The molecule has 1 aliphatic carbocycles. The van der Waals surface area contributed by atoms with Crippen LogP contribution >= 0.6 is 0 Å². The standard InChI is InChI=1S/C28H25N3O3/c1-18(31-27(33)23-12-6-7-13-24(23)28(31)34)26(32)30-16-14-29(15-17-30)25-21-10-4-2-8-19(21)20-9-3-5-11-22(20)25/h2-13,18,25H,14-17H2,1H3/p+1. The zero-order chi connectivity index (χ0) is 23.4. The minimum absolute atomic E-state index is 0.166. The molecule has 6 heteroatoms. The molecule has 0 radical (unpaired) electrons. The second kappa shape index (κ2) is 7.92. The molecule has 3 aliphatic rings. The van der Waals surface area contributed by atoms with E-state index in [0.29, 0.717) is 24.2 Å². The van der Waals surface area contributed by atoms with Crippen LogP contribution in [0.15, 0.2) is 72.8 Å². The Labute approximate surface area is 198 Å². The molecule has 6 rings (SSSR count). The molecule has 1 fully saturated rings. The van der Waals surface area contributed by atoms with Crippen molar-refractivity contribution in [1.82, 2.24) is 9.80 Å². The Bertz CT molecular complexity index is 1250. The molecule has 0 aromatic heterocycles. The summed E-state index contributed by atoms with van der Waals surface area (Å²) in [6, 6.07) is 23.4. The summed E-state index contributed by atoms with van der Waals surface area (Å²) in [6.07, 6.45) is 0. The van der Waals surface area contributed by atoms with Crippen molar-refractivity contribution >= 4 is 17.7 Å². The van der Waals surface area contributed by atoms with Crippen molar-refractivity contribution in [2.45, 2.75) is 19.0 Å². The second-order valence-electron chi connectivity index (χ2n) is 9.29. The SMILES string of the molecule is CC(C(=O)N1CC[NH+](C2c3ccccc3-c3ccccc32)CC1)N1C(=O)c2ccccc2C1=O. The van der Waals surface area contributed by atoms with E-state index < -0.39 is 6.04 Å². The summed E-state index contributed by atoms with van der Waals surface area (Å²) >= 11 is 0. The minimum Gasteiger partial charge on any atom is -0.330 e. The van der Waals surface area contributed by atoms with E-state index in [4.69, 9.17) is 0 Å². The van der Waals surface area contributed by atoms with Gasteiger partial charge in [0.15, 0.2) is 0 Å². The highest BCUT2D eigenvalue weighted by atomic mass is 16.2. The number of quaternary nitrogens is 1. The topological polar surface area (TPSA) is 62.1 Å². The van der Waals surface area contributed by atoms with E-state index in [1.807, 2.05) is 4.90 Å². The van der Waals surface area contributed by atoms with E-state index in [-0.39, 0.29) is 23.8 Å². The predicted molar refractivity (Wildman–Crippen MR) is 127 cm³/mol. The van der Waals surface area contributed by atoms with Crippen LogP contribution in [0.1, 0.15) is 44.8 Å². The van der Waals surface area contributed by atoms with Crippen LogP contribution in [0, 0.1) is 0 Å². The highest BCUT2D eigenvalue weighted by molar-refractivity contribution is 6.22. The van der Waals surface area contributed by atoms with Gasteiger partial charge in [0.1, 0.15) is 12.1 Å². The first-order chi connectivity index (χ1) is 16.6. The fourth-order valence-electron chi connectivity index (χ4n) is 5.83. The number of nitrogens with one attached hydrogen (secondary N) is 1. The van der Waals surface area contributed by atoms with Crippen molar-refractivity contribution in [3.05, 3.63) is 95.1 Å². The Hall–Kier alpha value is -3.77. The van der Waals surface area contributed by atoms with Gasteiger partial charge in [-0.3, -0.25) is 19.3 Å². The van der Waals surface area contributed by atoms with Crippen LogP contribution in [0.4, 0.5) is 0 Å². The molecule has 0 bridgehead atoms. The molecule has 1 saturated heterocycles. The van der Waals surface area contributed by atoms with Crippen molar-refractivity contribution in [3.8, 4) is 11.1 Å². The fraction of sp³-hybridized carbons (Fsp3) is 0.250. The highest BCUT2D eigenvalue weighted by Crippen LogP contribution is 2.41. The van der Waals surface area contributed by atoms with Crippen LogP contribution in [-0.4, -0.2) is 59.7 Å². The molecule has 170 valence electrons. The number of fused-ring (bicyclic) bond motifs is 4. The predicted octanol–water partition coefficient (Wildman–Crippen LogP) is 2.17. The van der Waals surface area contributed by atoms with Crippen LogP contribution in [-0.2, 0) is 4.79 Å². The average Bonchev–Trinajstić information content (AvgIpc) is 3.35. The third-order valence-corrected chi connectivity index (χ3v) is 7.53. The van der Waals surface area contributed by atoms with Gasteiger partial charge in [0.2, 0.25) is 5.91 Å². The first kappa shape index (κ1) is 20.8. The van der Waals surface area contributed by atoms with Gasteiger partial charge in [-0.2, -0.15) is 0 Å². The van der Waals surface area contributed by atoms with E-state index in [2.05, 4.69) is 48.5 Å². The number of nitrogens with zero attached hydrogens (tertiary/aromatic N) is 2. The van der Waals surface area contributed by atoms with Gasteiger partial charge in [0.25, 0.3) is 11.8 Å². The van der Waals surface area contributed by atoms with Gasteiger partial charge < -0.3 is 9.80 Å². The van der Waals surface area contributed by atoms with E-state index >= 15 is 0 Å². The van der Waals surface area contributed by atoms with Crippen molar-refractivity contribution in [2.75, 3.05) is 26.2 Å². The molecule has 2 aliphatic heterocycles.